The fourth-order valence-electron chi connectivity index (χ4n) is 3.69. The van der Waals surface area contributed by atoms with E-state index in [0.29, 0.717) is 0 Å². The van der Waals surface area contributed by atoms with Gasteiger partial charge < -0.3 is 10.0 Å². The van der Waals surface area contributed by atoms with Crippen molar-refractivity contribution < 1.29 is 5.11 Å². The molecule has 1 aliphatic carbocycles. The van der Waals surface area contributed by atoms with Crippen molar-refractivity contribution in [2.75, 3.05) is 14.1 Å². The molecule has 118 valence electrons. The lowest BCUT2D eigenvalue weighted by atomic mass is 9.71. The molecule has 1 aromatic rings. The first-order valence-corrected chi connectivity index (χ1v) is 8.44. The first-order chi connectivity index (χ1) is 9.99. The zero-order chi connectivity index (χ0) is 15.5. The summed E-state index contributed by atoms with van der Waals surface area (Å²) < 4.78 is 0. The summed E-state index contributed by atoms with van der Waals surface area (Å²) in [7, 11) is 4.23. The minimum absolute atomic E-state index is 0.0984. The predicted octanol–water partition coefficient (Wildman–Crippen LogP) is 4.18. The van der Waals surface area contributed by atoms with Gasteiger partial charge in [0.1, 0.15) is 0 Å². The minimum Gasteiger partial charge on any atom is -0.386 e. The molecule has 0 saturated heterocycles. The topological polar surface area (TPSA) is 23.5 Å². The second-order valence-corrected chi connectivity index (χ2v) is 7.07. The average molecular weight is 289 g/mol. The van der Waals surface area contributed by atoms with Gasteiger partial charge in [0.25, 0.3) is 0 Å². The predicted molar refractivity (Wildman–Crippen MR) is 89.4 cm³/mol. The second-order valence-electron chi connectivity index (χ2n) is 7.07. The molecular formula is C19H31NO. The van der Waals surface area contributed by atoms with Gasteiger partial charge in [-0.2, -0.15) is 0 Å². The Morgan fingerprint density at radius 3 is 2.24 bits per heavy atom. The van der Waals surface area contributed by atoms with Crippen LogP contribution in [0.1, 0.15) is 63.2 Å². The Hall–Kier alpha value is -0.860. The third kappa shape index (κ3) is 3.49. The third-order valence-electron chi connectivity index (χ3n) is 5.37. The van der Waals surface area contributed by atoms with E-state index in [1.165, 1.54) is 24.8 Å². The first-order valence-electron chi connectivity index (χ1n) is 8.44. The molecule has 0 heterocycles. The number of aliphatic hydroxyl groups is 1. The van der Waals surface area contributed by atoms with Crippen LogP contribution in [0.15, 0.2) is 24.3 Å². The van der Waals surface area contributed by atoms with Crippen LogP contribution >= 0.6 is 0 Å². The number of nitrogens with zero attached hydrogens (tertiary/aromatic N) is 1. The maximum atomic E-state index is 11.0. The van der Waals surface area contributed by atoms with Gasteiger partial charge >= 0.3 is 0 Å². The number of hydrogen-bond acceptors (Lipinski definition) is 2. The number of rotatable bonds is 5. The van der Waals surface area contributed by atoms with Crippen molar-refractivity contribution in [3.05, 3.63) is 35.4 Å². The Morgan fingerprint density at radius 1 is 1.19 bits per heavy atom. The molecule has 1 aromatic carbocycles. The minimum atomic E-state index is -0.393. The van der Waals surface area contributed by atoms with Gasteiger partial charge in [-0.05, 0) is 63.2 Å². The molecule has 1 N–H and O–H groups in total. The van der Waals surface area contributed by atoms with E-state index >= 15 is 0 Å². The van der Waals surface area contributed by atoms with Crippen LogP contribution in [0, 0.1) is 5.92 Å². The molecule has 1 fully saturated rings. The molecule has 0 bridgehead atoms. The highest BCUT2D eigenvalue weighted by atomic mass is 16.3. The van der Waals surface area contributed by atoms with Crippen LogP contribution < -0.4 is 0 Å². The fraction of sp³-hybridized carbons (Fsp3) is 0.684. The summed E-state index contributed by atoms with van der Waals surface area (Å²) in [5.74, 6) is 0.789. The lowest BCUT2D eigenvalue weighted by Crippen LogP contribution is -2.51. The zero-order valence-electron chi connectivity index (χ0n) is 14.1. The van der Waals surface area contributed by atoms with Crippen LogP contribution in [0.5, 0.6) is 0 Å². The quantitative estimate of drug-likeness (QED) is 0.879. The first kappa shape index (κ1) is 16.5. The van der Waals surface area contributed by atoms with Crippen LogP contribution in [-0.4, -0.2) is 29.6 Å². The summed E-state index contributed by atoms with van der Waals surface area (Å²) in [6.45, 7) is 4.53. The van der Waals surface area contributed by atoms with Gasteiger partial charge in [0.15, 0.2) is 0 Å². The van der Waals surface area contributed by atoms with Gasteiger partial charge in [0.2, 0.25) is 0 Å². The van der Waals surface area contributed by atoms with Crippen LogP contribution in [0.25, 0.3) is 0 Å². The van der Waals surface area contributed by atoms with Crippen molar-refractivity contribution in [3.8, 4) is 0 Å². The number of aliphatic hydroxyl groups excluding tert-OH is 1. The molecule has 0 spiro atoms. The Morgan fingerprint density at radius 2 is 1.76 bits per heavy atom. The Kier molecular flexibility index (Phi) is 5.45. The Balaban J connectivity index is 2.20. The molecule has 1 atom stereocenters. The van der Waals surface area contributed by atoms with Crippen LogP contribution in [0.2, 0.25) is 0 Å². The Labute approximate surface area is 130 Å². The van der Waals surface area contributed by atoms with Crippen LogP contribution in [0.3, 0.4) is 0 Å². The molecule has 2 rings (SSSR count). The van der Waals surface area contributed by atoms with E-state index < -0.39 is 6.10 Å². The molecule has 0 aromatic heterocycles. The SMILES string of the molecule is CCCc1ccc(C(O)C2(N(C)C)CCC(C)CC2)cc1. The largest absolute Gasteiger partial charge is 0.386 e. The van der Waals surface area contributed by atoms with E-state index in [0.717, 1.165) is 30.7 Å². The molecule has 21 heavy (non-hydrogen) atoms. The molecular weight excluding hydrogens is 258 g/mol. The van der Waals surface area contributed by atoms with Crippen molar-refractivity contribution in [2.45, 2.75) is 64.0 Å². The summed E-state index contributed by atoms with van der Waals surface area (Å²) in [6.07, 6.45) is 6.48. The van der Waals surface area contributed by atoms with Crippen molar-refractivity contribution in [1.29, 1.82) is 0 Å². The Bertz CT molecular complexity index is 429. The molecule has 1 aliphatic rings. The summed E-state index contributed by atoms with van der Waals surface area (Å²) in [5, 5.41) is 11.0. The number of aryl methyl sites for hydroxylation is 1. The third-order valence-corrected chi connectivity index (χ3v) is 5.37. The van der Waals surface area contributed by atoms with E-state index in [2.05, 4.69) is 57.1 Å². The van der Waals surface area contributed by atoms with Crippen LogP contribution in [-0.2, 0) is 6.42 Å². The summed E-state index contributed by atoms with van der Waals surface area (Å²) in [5.41, 5.74) is 2.33. The molecule has 2 heteroatoms. The summed E-state index contributed by atoms with van der Waals surface area (Å²) >= 11 is 0. The number of hydrogen-bond donors (Lipinski definition) is 1. The van der Waals surface area contributed by atoms with Gasteiger partial charge in [-0.15, -0.1) is 0 Å². The second kappa shape index (κ2) is 6.93. The maximum absolute atomic E-state index is 11.0. The normalized spacial score (nSPS) is 27.8. The smallest absolute Gasteiger partial charge is 0.0973 e. The fourth-order valence-corrected chi connectivity index (χ4v) is 3.69. The maximum Gasteiger partial charge on any atom is 0.0973 e. The molecule has 0 aliphatic heterocycles. The highest BCUT2D eigenvalue weighted by Crippen LogP contribution is 2.43. The van der Waals surface area contributed by atoms with Gasteiger partial charge in [0, 0.05) is 0 Å². The zero-order valence-corrected chi connectivity index (χ0v) is 14.1. The highest BCUT2D eigenvalue weighted by molar-refractivity contribution is 5.27. The van der Waals surface area contributed by atoms with E-state index in [4.69, 9.17) is 0 Å². The standard InChI is InChI=1S/C19H31NO/c1-5-6-16-7-9-17(10-8-16)18(21)19(20(3)4)13-11-15(2)12-14-19/h7-10,15,18,21H,5-6,11-14H2,1-4H3. The van der Waals surface area contributed by atoms with Crippen LogP contribution in [0.4, 0.5) is 0 Å². The van der Waals surface area contributed by atoms with E-state index in [9.17, 15) is 5.11 Å². The van der Waals surface area contributed by atoms with Crippen molar-refractivity contribution in [2.24, 2.45) is 5.92 Å². The molecule has 0 radical (unpaired) electrons. The van der Waals surface area contributed by atoms with Gasteiger partial charge in [0.05, 0.1) is 11.6 Å². The van der Waals surface area contributed by atoms with Gasteiger partial charge in [-0.25, -0.2) is 0 Å². The molecule has 2 nitrogen and oxygen atoms in total. The molecule has 1 unspecified atom stereocenters. The van der Waals surface area contributed by atoms with E-state index in [1.54, 1.807) is 0 Å². The monoisotopic (exact) mass is 289 g/mol. The highest BCUT2D eigenvalue weighted by Gasteiger charge is 2.42. The number of benzene rings is 1. The lowest BCUT2D eigenvalue weighted by Gasteiger charge is -2.47. The lowest BCUT2D eigenvalue weighted by molar-refractivity contribution is -0.0408. The summed E-state index contributed by atoms with van der Waals surface area (Å²) in [4.78, 5) is 2.25. The molecule has 1 saturated carbocycles. The van der Waals surface area contributed by atoms with Crippen molar-refractivity contribution in [3.63, 3.8) is 0 Å². The van der Waals surface area contributed by atoms with Crippen molar-refractivity contribution in [1.82, 2.24) is 4.90 Å². The average Bonchev–Trinajstić information content (AvgIpc) is 2.48. The molecule has 0 amide bonds. The number of likely N-dealkylation sites (N-methyl/N-ethyl adjacent to an activating group) is 1. The summed E-state index contributed by atoms with van der Waals surface area (Å²) in [6, 6.07) is 8.60. The van der Waals surface area contributed by atoms with E-state index in [1.807, 2.05) is 0 Å². The van der Waals surface area contributed by atoms with Gasteiger partial charge in [-0.3, -0.25) is 0 Å². The van der Waals surface area contributed by atoms with Gasteiger partial charge in [-0.1, -0.05) is 44.5 Å². The van der Waals surface area contributed by atoms with E-state index in [-0.39, 0.29) is 5.54 Å². The van der Waals surface area contributed by atoms with Crippen molar-refractivity contribution >= 4 is 0 Å².